The topological polar surface area (TPSA) is 73.9 Å². The van der Waals surface area contributed by atoms with Gasteiger partial charge in [-0.25, -0.2) is 4.39 Å². The van der Waals surface area contributed by atoms with Gasteiger partial charge in [-0.2, -0.15) is 0 Å². The molecule has 0 bridgehead atoms. The second kappa shape index (κ2) is 9.99. The molecule has 0 radical (unpaired) electrons. The van der Waals surface area contributed by atoms with E-state index in [9.17, 15) is 14.0 Å². The molecule has 1 aliphatic rings. The van der Waals surface area contributed by atoms with Crippen molar-refractivity contribution in [2.24, 2.45) is 0 Å². The Morgan fingerprint density at radius 1 is 1.03 bits per heavy atom. The highest BCUT2D eigenvalue weighted by atomic mass is 19.1. The zero-order chi connectivity index (χ0) is 25.1. The number of fused-ring (bicyclic) bond motifs is 1. The van der Waals surface area contributed by atoms with Crippen molar-refractivity contribution in [2.75, 3.05) is 50.3 Å². The molecule has 180 valence electrons. The number of carbonyl (C=O) groups excluding carboxylic acids is 2. The van der Waals surface area contributed by atoms with Crippen LogP contribution in [0.5, 0.6) is 5.75 Å². The molecular formula is C27H27FN4O3. The molecule has 0 saturated heterocycles. The van der Waals surface area contributed by atoms with Gasteiger partial charge in [-0.05, 0) is 50.0 Å². The molecule has 35 heavy (non-hydrogen) atoms. The normalized spacial score (nSPS) is 13.8. The number of benzene rings is 3. The summed E-state index contributed by atoms with van der Waals surface area (Å²) in [5.41, 5.74) is 4.09. The predicted molar refractivity (Wildman–Crippen MR) is 137 cm³/mol. The van der Waals surface area contributed by atoms with Crippen LogP contribution in [-0.2, 0) is 9.59 Å². The van der Waals surface area contributed by atoms with Gasteiger partial charge in [0.1, 0.15) is 11.6 Å². The van der Waals surface area contributed by atoms with E-state index < -0.39 is 5.82 Å². The predicted octanol–water partition coefficient (Wildman–Crippen LogP) is 4.29. The van der Waals surface area contributed by atoms with Crippen LogP contribution in [0, 0.1) is 5.82 Å². The number of carbonyl (C=O) groups is 2. The number of methoxy groups -OCH3 is 1. The molecule has 0 aromatic heterocycles. The van der Waals surface area contributed by atoms with Crippen molar-refractivity contribution >= 4 is 40.1 Å². The van der Waals surface area contributed by atoms with Crippen molar-refractivity contribution in [1.82, 2.24) is 4.90 Å². The van der Waals surface area contributed by atoms with Gasteiger partial charge in [-0.15, -0.1) is 0 Å². The lowest BCUT2D eigenvalue weighted by atomic mass is 10.00. The largest absolute Gasteiger partial charge is 0.494 e. The lowest BCUT2D eigenvalue weighted by molar-refractivity contribution is -0.119. The fourth-order valence-electron chi connectivity index (χ4n) is 3.96. The van der Waals surface area contributed by atoms with Crippen LogP contribution in [0.2, 0.25) is 0 Å². The smallest absolute Gasteiger partial charge is 0.258 e. The van der Waals surface area contributed by atoms with E-state index in [1.54, 1.807) is 42.2 Å². The highest BCUT2D eigenvalue weighted by Crippen LogP contribution is 2.39. The first-order valence-electron chi connectivity index (χ1n) is 11.1. The SMILES string of the molecule is COc1cc(NC(=C2C(=O)Nc3cc(F)ccc32)c2ccccc2)ccc1N(C)C(=O)CN(C)C. The van der Waals surface area contributed by atoms with E-state index in [2.05, 4.69) is 10.6 Å². The van der Waals surface area contributed by atoms with Crippen LogP contribution < -0.4 is 20.3 Å². The van der Waals surface area contributed by atoms with E-state index in [4.69, 9.17) is 4.74 Å². The van der Waals surface area contributed by atoms with Crippen molar-refractivity contribution in [3.63, 3.8) is 0 Å². The molecule has 0 spiro atoms. The van der Waals surface area contributed by atoms with Crippen LogP contribution in [0.4, 0.5) is 21.5 Å². The van der Waals surface area contributed by atoms with E-state index in [1.807, 2.05) is 50.5 Å². The molecule has 2 N–H and O–H groups in total. The van der Waals surface area contributed by atoms with Crippen molar-refractivity contribution in [3.8, 4) is 5.75 Å². The van der Waals surface area contributed by atoms with Gasteiger partial charge in [-0.1, -0.05) is 30.3 Å². The summed E-state index contributed by atoms with van der Waals surface area (Å²) in [5.74, 6) is -0.324. The Kier molecular flexibility index (Phi) is 6.84. The Labute approximate surface area is 203 Å². The van der Waals surface area contributed by atoms with Gasteiger partial charge in [0.05, 0.1) is 36.3 Å². The molecule has 0 saturated carbocycles. The lowest BCUT2D eigenvalue weighted by Gasteiger charge is -2.23. The Morgan fingerprint density at radius 2 is 1.77 bits per heavy atom. The summed E-state index contributed by atoms with van der Waals surface area (Å²) in [6, 6.07) is 19.1. The summed E-state index contributed by atoms with van der Waals surface area (Å²) in [4.78, 5) is 28.9. The minimum Gasteiger partial charge on any atom is -0.494 e. The van der Waals surface area contributed by atoms with Crippen LogP contribution in [0.15, 0.2) is 66.7 Å². The standard InChI is InChI=1S/C27H27FN4O3/c1-31(2)16-24(33)32(3)22-13-11-19(15-23(22)35-4)29-26(17-8-6-5-7-9-17)25-20-12-10-18(28)14-21(20)30-27(25)34/h5-15,29H,16H2,1-4H3,(H,30,34). The summed E-state index contributed by atoms with van der Waals surface area (Å²) < 4.78 is 19.4. The molecule has 7 nitrogen and oxygen atoms in total. The minimum absolute atomic E-state index is 0.0763. The molecule has 1 aliphatic heterocycles. The molecule has 0 aliphatic carbocycles. The number of hydrogen-bond donors (Lipinski definition) is 2. The third kappa shape index (κ3) is 5.02. The molecule has 0 fully saturated rings. The molecule has 8 heteroatoms. The zero-order valence-electron chi connectivity index (χ0n) is 20.1. The number of hydrogen-bond acceptors (Lipinski definition) is 5. The summed E-state index contributed by atoms with van der Waals surface area (Å²) in [5, 5.41) is 6.11. The first-order chi connectivity index (χ1) is 16.8. The maximum absolute atomic E-state index is 13.8. The molecule has 3 aromatic rings. The highest BCUT2D eigenvalue weighted by molar-refractivity contribution is 6.37. The summed E-state index contributed by atoms with van der Waals surface area (Å²) in [6.45, 7) is 0.263. The van der Waals surface area contributed by atoms with Crippen molar-refractivity contribution in [1.29, 1.82) is 0 Å². The van der Waals surface area contributed by atoms with Gasteiger partial charge in [0.2, 0.25) is 5.91 Å². The fraction of sp³-hybridized carbons (Fsp3) is 0.185. The van der Waals surface area contributed by atoms with E-state index >= 15 is 0 Å². The van der Waals surface area contributed by atoms with Gasteiger partial charge in [0, 0.05) is 24.4 Å². The van der Waals surface area contributed by atoms with Crippen LogP contribution in [0.1, 0.15) is 11.1 Å². The molecule has 2 amide bonds. The maximum atomic E-state index is 13.8. The molecule has 0 atom stereocenters. The molecule has 3 aromatic carbocycles. The van der Waals surface area contributed by atoms with Crippen molar-refractivity contribution in [3.05, 3.63) is 83.7 Å². The number of nitrogens with one attached hydrogen (secondary N) is 2. The third-order valence-electron chi connectivity index (χ3n) is 5.67. The van der Waals surface area contributed by atoms with Crippen LogP contribution >= 0.6 is 0 Å². The number of amides is 2. The van der Waals surface area contributed by atoms with E-state index in [0.29, 0.717) is 39.6 Å². The second-order valence-electron chi connectivity index (χ2n) is 8.46. The van der Waals surface area contributed by atoms with Crippen LogP contribution in [0.3, 0.4) is 0 Å². The van der Waals surface area contributed by atoms with Crippen molar-refractivity contribution in [2.45, 2.75) is 0 Å². The third-order valence-corrected chi connectivity index (χ3v) is 5.67. The van der Waals surface area contributed by atoms with Gasteiger partial charge >= 0.3 is 0 Å². The maximum Gasteiger partial charge on any atom is 0.258 e. The number of likely N-dealkylation sites (N-methyl/N-ethyl adjacent to an activating group) is 2. The number of anilines is 3. The fourth-order valence-corrected chi connectivity index (χ4v) is 3.96. The Bertz CT molecular complexity index is 1310. The van der Waals surface area contributed by atoms with Crippen LogP contribution in [-0.4, -0.2) is 51.5 Å². The summed E-state index contributed by atoms with van der Waals surface area (Å²) in [6.07, 6.45) is 0. The first kappa shape index (κ1) is 24.0. The van der Waals surface area contributed by atoms with Crippen molar-refractivity contribution < 1.29 is 18.7 Å². The average molecular weight is 475 g/mol. The van der Waals surface area contributed by atoms with Crippen LogP contribution in [0.25, 0.3) is 11.3 Å². The Hall–Kier alpha value is -4.17. The molecule has 4 rings (SSSR count). The number of rotatable bonds is 7. The summed E-state index contributed by atoms with van der Waals surface area (Å²) in [7, 11) is 6.91. The van der Waals surface area contributed by atoms with E-state index in [1.165, 1.54) is 12.1 Å². The van der Waals surface area contributed by atoms with E-state index in [-0.39, 0.29) is 18.4 Å². The molecular weight excluding hydrogens is 447 g/mol. The Balaban J connectivity index is 1.77. The quantitative estimate of drug-likeness (QED) is 0.500. The van der Waals surface area contributed by atoms with Gasteiger partial charge < -0.3 is 25.2 Å². The highest BCUT2D eigenvalue weighted by Gasteiger charge is 2.29. The molecule has 0 unspecified atom stereocenters. The average Bonchev–Trinajstić information content (AvgIpc) is 3.16. The van der Waals surface area contributed by atoms with Gasteiger partial charge in [-0.3, -0.25) is 9.59 Å². The van der Waals surface area contributed by atoms with Gasteiger partial charge in [0.15, 0.2) is 0 Å². The lowest BCUT2D eigenvalue weighted by Crippen LogP contribution is -2.35. The monoisotopic (exact) mass is 474 g/mol. The van der Waals surface area contributed by atoms with E-state index in [0.717, 1.165) is 5.56 Å². The number of nitrogens with zero attached hydrogens (tertiary/aromatic N) is 2. The second-order valence-corrected chi connectivity index (χ2v) is 8.46. The summed E-state index contributed by atoms with van der Waals surface area (Å²) >= 11 is 0. The van der Waals surface area contributed by atoms with Gasteiger partial charge in [0.25, 0.3) is 5.91 Å². The first-order valence-corrected chi connectivity index (χ1v) is 11.1. The zero-order valence-corrected chi connectivity index (χ0v) is 20.1. The number of ether oxygens (including phenoxy) is 1. The Morgan fingerprint density at radius 3 is 2.46 bits per heavy atom. The molecule has 1 heterocycles. The number of halogens is 1. The minimum atomic E-state index is -0.423.